The lowest BCUT2D eigenvalue weighted by atomic mass is 9.73. The minimum Gasteiger partial charge on any atom is -0.394 e. The topological polar surface area (TPSA) is 90.4 Å². The summed E-state index contributed by atoms with van der Waals surface area (Å²) < 4.78 is 7.09. The standard InChI is InChI=1S/C33H45N3O5/c1-6-14-23(5)34-19-13-18-33-27(30(39)36(28(33)31(34)40)25(21-37)22(4)7-2)26-29(38)35(24-15-10-9-11-16-24)20-12-17-32(26,8-3)41-33/h9-13,15-18,22-23,25-28,37H,6-8,14,19-21H2,1-5H3/t22-,23?,25-,26-,27-,28?,32+,33-/m0/s1. The van der Waals surface area contributed by atoms with E-state index in [2.05, 4.69) is 6.92 Å². The first-order valence-corrected chi connectivity index (χ1v) is 15.4. The lowest BCUT2D eigenvalue weighted by Gasteiger charge is -2.43. The zero-order valence-corrected chi connectivity index (χ0v) is 25.0. The van der Waals surface area contributed by atoms with E-state index in [4.69, 9.17) is 4.74 Å². The van der Waals surface area contributed by atoms with E-state index in [1.807, 2.05) is 87.2 Å². The highest BCUT2D eigenvalue weighted by Gasteiger charge is 2.76. The van der Waals surface area contributed by atoms with Gasteiger partial charge in [0.2, 0.25) is 17.7 Å². The molecular weight excluding hydrogens is 518 g/mol. The van der Waals surface area contributed by atoms with Crippen LogP contribution < -0.4 is 4.90 Å². The van der Waals surface area contributed by atoms with Crippen molar-refractivity contribution in [3.05, 3.63) is 54.6 Å². The second-order valence-corrected chi connectivity index (χ2v) is 12.2. The summed E-state index contributed by atoms with van der Waals surface area (Å²) in [7, 11) is 0. The number of nitrogens with zero attached hydrogens (tertiary/aromatic N) is 3. The molecule has 4 heterocycles. The van der Waals surface area contributed by atoms with E-state index in [-0.39, 0.29) is 36.3 Å². The molecule has 8 heteroatoms. The van der Waals surface area contributed by atoms with Crippen LogP contribution in [0.3, 0.4) is 0 Å². The molecule has 5 rings (SSSR count). The minimum absolute atomic E-state index is 0.0263. The Morgan fingerprint density at radius 3 is 2.29 bits per heavy atom. The van der Waals surface area contributed by atoms with Gasteiger partial charge < -0.3 is 24.5 Å². The van der Waals surface area contributed by atoms with Crippen LogP contribution in [0.4, 0.5) is 5.69 Å². The van der Waals surface area contributed by atoms with Gasteiger partial charge in [0.15, 0.2) is 0 Å². The van der Waals surface area contributed by atoms with E-state index in [1.54, 1.807) is 9.80 Å². The number of benzene rings is 1. The van der Waals surface area contributed by atoms with Crippen molar-refractivity contribution in [2.75, 3.05) is 24.6 Å². The third kappa shape index (κ3) is 4.45. The van der Waals surface area contributed by atoms with Crippen molar-refractivity contribution < 1.29 is 24.2 Å². The Labute approximate surface area is 244 Å². The molecule has 0 aromatic heterocycles. The summed E-state index contributed by atoms with van der Waals surface area (Å²) in [5, 5.41) is 10.6. The summed E-state index contributed by atoms with van der Waals surface area (Å²) in [4.78, 5) is 49.2. The highest BCUT2D eigenvalue weighted by Crippen LogP contribution is 2.59. The van der Waals surface area contributed by atoms with Gasteiger partial charge in [-0.15, -0.1) is 0 Å². The predicted molar refractivity (Wildman–Crippen MR) is 158 cm³/mol. The van der Waals surface area contributed by atoms with Crippen molar-refractivity contribution in [3.63, 3.8) is 0 Å². The molecular formula is C33H45N3O5. The van der Waals surface area contributed by atoms with Crippen LogP contribution in [0.25, 0.3) is 0 Å². The van der Waals surface area contributed by atoms with Gasteiger partial charge >= 0.3 is 0 Å². The van der Waals surface area contributed by atoms with Crippen LogP contribution in [0.15, 0.2) is 54.6 Å². The van der Waals surface area contributed by atoms with Crippen molar-refractivity contribution in [1.29, 1.82) is 0 Å². The molecule has 8 atom stereocenters. The summed E-state index contributed by atoms with van der Waals surface area (Å²) in [5.74, 6) is -2.40. The minimum atomic E-state index is -1.32. The molecule has 8 nitrogen and oxygen atoms in total. The number of likely N-dealkylation sites (tertiary alicyclic amines) is 1. The number of fused-ring (bicyclic) bond motifs is 2. The highest BCUT2D eigenvalue weighted by atomic mass is 16.5. The smallest absolute Gasteiger partial charge is 0.249 e. The largest absolute Gasteiger partial charge is 0.394 e. The Bertz CT molecular complexity index is 1220. The molecule has 1 aromatic carbocycles. The van der Waals surface area contributed by atoms with E-state index in [1.165, 1.54) is 0 Å². The second kappa shape index (κ2) is 11.4. The van der Waals surface area contributed by atoms with Crippen molar-refractivity contribution in [1.82, 2.24) is 9.80 Å². The fraction of sp³-hybridized carbons (Fsp3) is 0.606. The molecule has 222 valence electrons. The third-order valence-electron chi connectivity index (χ3n) is 10.1. The number of rotatable bonds is 9. The van der Waals surface area contributed by atoms with Gasteiger partial charge in [-0.25, -0.2) is 0 Å². The first-order valence-electron chi connectivity index (χ1n) is 15.4. The zero-order valence-electron chi connectivity index (χ0n) is 25.0. The van der Waals surface area contributed by atoms with E-state index >= 15 is 0 Å². The van der Waals surface area contributed by atoms with Gasteiger partial charge in [0, 0.05) is 24.8 Å². The molecule has 1 N–H and O–H groups in total. The normalized spacial score (nSPS) is 33.3. The van der Waals surface area contributed by atoms with Crippen molar-refractivity contribution in [3.8, 4) is 0 Å². The van der Waals surface area contributed by atoms with E-state index in [0.29, 0.717) is 19.5 Å². The summed E-state index contributed by atoms with van der Waals surface area (Å²) in [5.41, 5.74) is -1.60. The molecule has 1 aromatic rings. The number of anilines is 1. The van der Waals surface area contributed by atoms with E-state index in [9.17, 15) is 19.5 Å². The second-order valence-electron chi connectivity index (χ2n) is 12.2. The number of hydrogen-bond donors (Lipinski definition) is 1. The average Bonchev–Trinajstić information content (AvgIpc) is 3.26. The van der Waals surface area contributed by atoms with Crippen LogP contribution in [-0.2, 0) is 19.1 Å². The summed E-state index contributed by atoms with van der Waals surface area (Å²) in [6, 6.07) is 7.93. The molecule has 0 radical (unpaired) electrons. The lowest BCUT2D eigenvalue weighted by Crippen LogP contribution is -2.60. The quantitative estimate of drug-likeness (QED) is 0.460. The van der Waals surface area contributed by atoms with Gasteiger partial charge in [-0.3, -0.25) is 14.4 Å². The monoisotopic (exact) mass is 563 g/mol. The molecule has 4 aliphatic rings. The number of aliphatic hydroxyl groups is 1. The number of para-hydroxylation sites is 1. The van der Waals surface area contributed by atoms with Crippen LogP contribution in [-0.4, -0.2) is 81.7 Å². The Hall–Kier alpha value is -2.97. The number of carbonyl (C=O) groups excluding carboxylic acids is 3. The molecule has 2 fully saturated rings. The lowest BCUT2D eigenvalue weighted by molar-refractivity contribution is -0.158. The molecule has 0 bridgehead atoms. The van der Waals surface area contributed by atoms with Crippen molar-refractivity contribution in [2.24, 2.45) is 17.8 Å². The van der Waals surface area contributed by atoms with Crippen LogP contribution in [0.2, 0.25) is 0 Å². The van der Waals surface area contributed by atoms with Crippen LogP contribution in [0.1, 0.15) is 60.3 Å². The maximum absolute atomic E-state index is 14.8. The Balaban J connectivity index is 1.69. The number of amides is 3. The molecule has 41 heavy (non-hydrogen) atoms. The highest BCUT2D eigenvalue weighted by molar-refractivity contribution is 6.04. The molecule has 1 spiro atoms. The Kier molecular flexibility index (Phi) is 8.18. The van der Waals surface area contributed by atoms with Crippen LogP contribution in [0.5, 0.6) is 0 Å². The van der Waals surface area contributed by atoms with Crippen molar-refractivity contribution in [2.45, 2.75) is 89.6 Å². The predicted octanol–water partition coefficient (Wildman–Crippen LogP) is 3.94. The number of hydrogen-bond acceptors (Lipinski definition) is 5. The van der Waals surface area contributed by atoms with Gasteiger partial charge in [-0.05, 0) is 37.8 Å². The average molecular weight is 564 g/mol. The summed E-state index contributed by atoms with van der Waals surface area (Å²) >= 11 is 0. The maximum atomic E-state index is 14.8. The molecule has 4 aliphatic heterocycles. The molecule has 0 aliphatic carbocycles. The van der Waals surface area contributed by atoms with Gasteiger partial charge in [-0.2, -0.15) is 0 Å². The van der Waals surface area contributed by atoms with Crippen molar-refractivity contribution >= 4 is 23.4 Å². The summed E-state index contributed by atoms with van der Waals surface area (Å²) in [6.07, 6.45) is 10.7. The maximum Gasteiger partial charge on any atom is 0.249 e. The van der Waals surface area contributed by atoms with Gasteiger partial charge in [0.1, 0.15) is 11.6 Å². The molecule has 0 saturated carbocycles. The van der Waals surface area contributed by atoms with Gasteiger partial charge in [0.25, 0.3) is 0 Å². The Morgan fingerprint density at radius 1 is 0.951 bits per heavy atom. The first-order chi connectivity index (χ1) is 19.7. The SMILES string of the molecule is CCCC(C)N1CC=C[C@]23O[C@]4(CC)C=CCN(c5ccccc5)C(=O)[C@@H]4[C@H]2C(=O)N([C@@H](CO)[C@@H](C)CC)C3C1=O. The third-order valence-corrected chi connectivity index (χ3v) is 10.1. The number of aliphatic hydroxyl groups excluding tert-OH is 1. The number of ether oxygens (including phenoxy) is 1. The van der Waals surface area contributed by atoms with Gasteiger partial charge in [0.05, 0.1) is 30.1 Å². The molecule has 2 unspecified atom stereocenters. The van der Waals surface area contributed by atoms with Gasteiger partial charge in [-0.1, -0.05) is 83.0 Å². The molecule has 2 saturated heterocycles. The van der Waals surface area contributed by atoms with Crippen LogP contribution >= 0.6 is 0 Å². The van der Waals surface area contributed by atoms with E-state index < -0.39 is 35.1 Å². The Morgan fingerprint density at radius 2 is 1.66 bits per heavy atom. The number of carbonyl (C=O) groups is 3. The van der Waals surface area contributed by atoms with E-state index in [0.717, 1.165) is 24.9 Å². The first kappa shape index (κ1) is 29.5. The fourth-order valence-corrected chi connectivity index (χ4v) is 7.70. The molecule has 3 amide bonds. The zero-order chi connectivity index (χ0) is 29.5. The summed E-state index contributed by atoms with van der Waals surface area (Å²) in [6.45, 7) is 10.6. The fourth-order valence-electron chi connectivity index (χ4n) is 7.70. The van der Waals surface area contributed by atoms with Crippen LogP contribution in [0, 0.1) is 17.8 Å².